The summed E-state index contributed by atoms with van der Waals surface area (Å²) >= 11 is 0. The van der Waals surface area contributed by atoms with Gasteiger partial charge >= 0.3 is 5.97 Å². The third-order valence-electron chi connectivity index (χ3n) is 0.674. The lowest BCUT2D eigenvalue weighted by atomic mass is 10.5. The van der Waals surface area contributed by atoms with Crippen LogP contribution in [0.2, 0.25) is 0 Å². The zero-order chi connectivity index (χ0) is 7.98. The van der Waals surface area contributed by atoms with Crippen molar-refractivity contribution in [1.82, 2.24) is 0 Å². The molecule has 3 N–H and O–H groups in total. The van der Waals surface area contributed by atoms with E-state index in [0.717, 1.165) is 0 Å². The minimum atomic E-state index is -1.14. The van der Waals surface area contributed by atoms with Gasteiger partial charge in [-0.1, -0.05) is 6.58 Å². The molecule has 0 aliphatic carbocycles. The Kier molecular flexibility index (Phi) is 3.63. The van der Waals surface area contributed by atoms with E-state index in [-0.39, 0.29) is 5.70 Å². The molecular formula is C6H8N2O2. The predicted octanol–water partition coefficient (Wildman–Crippen LogP) is 0.128. The van der Waals surface area contributed by atoms with Crippen LogP contribution in [0.3, 0.4) is 0 Å². The van der Waals surface area contributed by atoms with Crippen LogP contribution >= 0.6 is 0 Å². The fourth-order valence-electron chi connectivity index (χ4n) is 0.238. The summed E-state index contributed by atoms with van der Waals surface area (Å²) in [6.07, 6.45) is 3.92. The van der Waals surface area contributed by atoms with Crippen molar-refractivity contribution in [3.05, 3.63) is 24.6 Å². The highest BCUT2D eigenvalue weighted by atomic mass is 16.4. The fourth-order valence-corrected chi connectivity index (χ4v) is 0.238. The zero-order valence-electron chi connectivity index (χ0n) is 5.32. The van der Waals surface area contributed by atoms with E-state index in [1.807, 2.05) is 0 Å². The van der Waals surface area contributed by atoms with Gasteiger partial charge in [-0.05, 0) is 12.3 Å². The summed E-state index contributed by atoms with van der Waals surface area (Å²) in [5.74, 6) is -1.14. The van der Waals surface area contributed by atoms with E-state index >= 15 is 0 Å². The fraction of sp³-hybridized carbons (Fsp3) is 0. The first-order chi connectivity index (χ1) is 4.68. The molecule has 4 heteroatoms. The standard InChI is InChI=1S/C6H8N2O2/c1-5(6(9)10)8-4-2-3-7/h2-4H,1,7H2,(H,9,10)/b3-2-,8-4?. The number of carbonyl (C=O) groups is 1. The first kappa shape index (κ1) is 8.42. The second kappa shape index (κ2) is 4.31. The molecule has 0 radical (unpaired) electrons. The summed E-state index contributed by atoms with van der Waals surface area (Å²) in [6, 6.07) is 0. The molecule has 0 fully saturated rings. The monoisotopic (exact) mass is 140 g/mol. The van der Waals surface area contributed by atoms with Gasteiger partial charge in [-0.3, -0.25) is 0 Å². The van der Waals surface area contributed by atoms with Crippen LogP contribution < -0.4 is 5.73 Å². The van der Waals surface area contributed by atoms with Crippen molar-refractivity contribution in [1.29, 1.82) is 0 Å². The predicted molar refractivity (Wildman–Crippen MR) is 38.6 cm³/mol. The quantitative estimate of drug-likeness (QED) is 0.432. The number of hydrogen-bond donors (Lipinski definition) is 2. The molecule has 0 aliphatic rings. The maximum Gasteiger partial charge on any atom is 0.353 e. The van der Waals surface area contributed by atoms with E-state index in [1.165, 1.54) is 18.5 Å². The third-order valence-corrected chi connectivity index (χ3v) is 0.674. The molecule has 4 nitrogen and oxygen atoms in total. The van der Waals surface area contributed by atoms with Gasteiger partial charge in [0, 0.05) is 6.21 Å². The van der Waals surface area contributed by atoms with E-state index in [0.29, 0.717) is 0 Å². The Bertz CT molecular complexity index is 194. The molecular weight excluding hydrogens is 132 g/mol. The van der Waals surface area contributed by atoms with Crippen LogP contribution in [0, 0.1) is 0 Å². The number of carboxylic acids is 1. The van der Waals surface area contributed by atoms with Gasteiger partial charge in [0.05, 0.1) is 0 Å². The van der Waals surface area contributed by atoms with Crippen LogP contribution in [-0.4, -0.2) is 17.3 Å². The average Bonchev–Trinajstić information content (AvgIpc) is 1.88. The largest absolute Gasteiger partial charge is 0.477 e. The maximum atomic E-state index is 10.0. The van der Waals surface area contributed by atoms with Gasteiger partial charge in [-0.15, -0.1) is 0 Å². The van der Waals surface area contributed by atoms with Crippen molar-refractivity contribution < 1.29 is 9.90 Å². The number of nitrogens with zero attached hydrogens (tertiary/aromatic N) is 1. The van der Waals surface area contributed by atoms with Crippen molar-refractivity contribution in [2.24, 2.45) is 10.7 Å². The minimum Gasteiger partial charge on any atom is -0.477 e. The van der Waals surface area contributed by atoms with Gasteiger partial charge in [-0.2, -0.15) is 0 Å². The summed E-state index contributed by atoms with van der Waals surface area (Å²) in [5, 5.41) is 8.21. The molecule has 0 aromatic heterocycles. The first-order valence-electron chi connectivity index (χ1n) is 2.51. The Balaban J connectivity index is 3.90. The number of rotatable bonds is 3. The Hall–Kier alpha value is -1.58. The normalized spacial score (nSPS) is 10.8. The number of nitrogens with two attached hydrogens (primary N) is 1. The Morgan fingerprint density at radius 3 is 2.70 bits per heavy atom. The highest BCUT2D eigenvalue weighted by Crippen LogP contribution is 1.88. The smallest absolute Gasteiger partial charge is 0.353 e. The zero-order valence-corrected chi connectivity index (χ0v) is 5.32. The minimum absolute atomic E-state index is 0.210. The van der Waals surface area contributed by atoms with Gasteiger partial charge in [0.25, 0.3) is 0 Å². The molecule has 0 aliphatic heterocycles. The van der Waals surface area contributed by atoms with Gasteiger partial charge in [-0.25, -0.2) is 9.79 Å². The summed E-state index contributed by atoms with van der Waals surface area (Å²) in [7, 11) is 0. The van der Waals surface area contributed by atoms with Crippen LogP contribution in [-0.2, 0) is 4.79 Å². The van der Waals surface area contributed by atoms with Crippen molar-refractivity contribution >= 4 is 12.2 Å². The average molecular weight is 140 g/mol. The number of allylic oxidation sites excluding steroid dienone is 1. The van der Waals surface area contributed by atoms with E-state index in [4.69, 9.17) is 10.8 Å². The molecule has 0 spiro atoms. The second-order valence-electron chi connectivity index (χ2n) is 1.41. The third kappa shape index (κ3) is 3.43. The summed E-state index contributed by atoms with van der Waals surface area (Å²) in [5.41, 5.74) is 4.73. The van der Waals surface area contributed by atoms with Gasteiger partial charge in [0.2, 0.25) is 0 Å². The molecule has 0 aromatic rings. The SMILES string of the molecule is C=C(N=C/C=C\N)C(=O)O. The van der Waals surface area contributed by atoms with Crippen LogP contribution in [0.15, 0.2) is 29.5 Å². The molecule has 0 saturated carbocycles. The van der Waals surface area contributed by atoms with Crippen molar-refractivity contribution in [2.45, 2.75) is 0 Å². The van der Waals surface area contributed by atoms with Crippen LogP contribution in [0.5, 0.6) is 0 Å². The van der Waals surface area contributed by atoms with Gasteiger partial charge in [0.1, 0.15) is 5.70 Å². The molecule has 0 heterocycles. The summed E-state index contributed by atoms with van der Waals surface area (Å²) in [6.45, 7) is 3.15. The highest BCUT2D eigenvalue weighted by Gasteiger charge is 1.96. The van der Waals surface area contributed by atoms with Crippen molar-refractivity contribution in [2.75, 3.05) is 0 Å². The van der Waals surface area contributed by atoms with E-state index in [2.05, 4.69) is 11.6 Å². The van der Waals surface area contributed by atoms with Crippen molar-refractivity contribution in [3.63, 3.8) is 0 Å². The number of aliphatic carboxylic acids is 1. The molecule has 0 saturated heterocycles. The van der Waals surface area contributed by atoms with Gasteiger partial charge < -0.3 is 10.8 Å². The second-order valence-corrected chi connectivity index (χ2v) is 1.41. The number of hydrogen-bond acceptors (Lipinski definition) is 3. The highest BCUT2D eigenvalue weighted by molar-refractivity contribution is 5.88. The molecule has 10 heavy (non-hydrogen) atoms. The first-order valence-corrected chi connectivity index (χ1v) is 2.51. The number of aliphatic imine (C=N–C) groups is 1. The molecule has 0 aromatic carbocycles. The van der Waals surface area contributed by atoms with Gasteiger partial charge in [0.15, 0.2) is 0 Å². The van der Waals surface area contributed by atoms with Crippen LogP contribution in [0.25, 0.3) is 0 Å². The van der Waals surface area contributed by atoms with E-state index in [9.17, 15) is 4.79 Å². The lowest BCUT2D eigenvalue weighted by Gasteiger charge is -1.85. The summed E-state index contributed by atoms with van der Waals surface area (Å²) in [4.78, 5) is 13.5. The number of carboxylic acid groups (broad SMARTS) is 1. The maximum absolute atomic E-state index is 10.0. The Morgan fingerprint density at radius 1 is 1.70 bits per heavy atom. The molecule has 0 amide bonds. The Morgan fingerprint density at radius 2 is 2.30 bits per heavy atom. The lowest BCUT2D eigenvalue weighted by Crippen LogP contribution is -1.95. The molecule has 0 rings (SSSR count). The molecule has 0 unspecified atom stereocenters. The summed E-state index contributed by atoms with van der Waals surface area (Å²) < 4.78 is 0. The molecule has 54 valence electrons. The van der Waals surface area contributed by atoms with Crippen LogP contribution in [0.1, 0.15) is 0 Å². The lowest BCUT2D eigenvalue weighted by molar-refractivity contribution is -0.132. The topological polar surface area (TPSA) is 75.7 Å². The van der Waals surface area contributed by atoms with Crippen molar-refractivity contribution in [3.8, 4) is 0 Å². The van der Waals surface area contributed by atoms with E-state index in [1.54, 1.807) is 0 Å². The Labute approximate surface area is 58.4 Å². The van der Waals surface area contributed by atoms with E-state index < -0.39 is 5.97 Å². The molecule has 0 atom stereocenters. The molecule has 0 bridgehead atoms. The van der Waals surface area contributed by atoms with Crippen LogP contribution in [0.4, 0.5) is 0 Å².